The van der Waals surface area contributed by atoms with E-state index in [4.69, 9.17) is 9.47 Å². The summed E-state index contributed by atoms with van der Waals surface area (Å²) in [5.74, 6) is 0.888. The fraction of sp³-hybridized carbons (Fsp3) is 0.500. The molecular formula is C32H40N2O4. The molecule has 6 heteroatoms. The smallest absolute Gasteiger partial charge is 0.314 e. The second-order valence-electron chi connectivity index (χ2n) is 11.9. The summed E-state index contributed by atoms with van der Waals surface area (Å²) < 4.78 is 11.8. The molecule has 0 spiro atoms. The van der Waals surface area contributed by atoms with Gasteiger partial charge in [-0.05, 0) is 86.4 Å². The van der Waals surface area contributed by atoms with Gasteiger partial charge in [0.25, 0.3) is 0 Å². The molecule has 1 aliphatic heterocycles. The summed E-state index contributed by atoms with van der Waals surface area (Å²) in [7, 11) is 0. The lowest BCUT2D eigenvalue weighted by molar-refractivity contribution is -0.140. The Morgan fingerprint density at radius 2 is 1.68 bits per heavy atom. The number of hydrogen-bond acceptors (Lipinski definition) is 6. The zero-order chi connectivity index (χ0) is 27.0. The molecule has 0 saturated heterocycles. The zero-order valence-corrected chi connectivity index (χ0v) is 23.3. The minimum atomic E-state index is -0.355. The summed E-state index contributed by atoms with van der Waals surface area (Å²) in [5, 5.41) is 7.30. The lowest BCUT2D eigenvalue weighted by Crippen LogP contribution is -2.31. The highest BCUT2D eigenvalue weighted by Crippen LogP contribution is 2.47. The molecule has 2 aliphatic carbocycles. The van der Waals surface area contributed by atoms with Crippen LogP contribution >= 0.6 is 0 Å². The third-order valence-corrected chi connectivity index (χ3v) is 8.18. The first-order valence-electron chi connectivity index (χ1n) is 14.0. The number of anilines is 2. The van der Waals surface area contributed by atoms with Crippen LogP contribution in [0.1, 0.15) is 88.4 Å². The first kappa shape index (κ1) is 26.3. The number of carbonyl (C=O) groups is 2. The van der Waals surface area contributed by atoms with Crippen molar-refractivity contribution >= 4 is 23.1 Å². The van der Waals surface area contributed by atoms with E-state index in [-0.39, 0.29) is 29.1 Å². The Labute approximate surface area is 226 Å². The Morgan fingerprint density at radius 3 is 2.39 bits per heavy atom. The molecule has 1 fully saturated rings. The minimum Gasteiger partial charge on any atom is -0.490 e. The first-order chi connectivity index (χ1) is 18.1. The number of ketones is 1. The van der Waals surface area contributed by atoms with Crippen molar-refractivity contribution in [3.05, 3.63) is 58.3 Å². The number of allylic oxidation sites excluding steroid dienone is 1. The van der Waals surface area contributed by atoms with Gasteiger partial charge in [-0.15, -0.1) is 0 Å². The molecule has 1 unspecified atom stereocenters. The summed E-state index contributed by atoms with van der Waals surface area (Å²) >= 11 is 0. The molecule has 0 aromatic heterocycles. The lowest BCUT2D eigenvalue weighted by atomic mass is 9.73. The number of fused-ring (bicyclic) bond motifs is 1. The lowest BCUT2D eigenvalue weighted by Gasteiger charge is -2.34. The van der Waals surface area contributed by atoms with Crippen LogP contribution in [0.3, 0.4) is 0 Å². The molecule has 2 N–H and O–H groups in total. The third kappa shape index (κ3) is 5.31. The molecule has 2 aromatic rings. The van der Waals surface area contributed by atoms with E-state index in [1.54, 1.807) is 0 Å². The van der Waals surface area contributed by atoms with Crippen LogP contribution in [0.2, 0.25) is 0 Å². The average Bonchev–Trinajstić information content (AvgIpc) is 3.01. The summed E-state index contributed by atoms with van der Waals surface area (Å²) in [5.41, 5.74) is 6.85. The Morgan fingerprint density at radius 1 is 0.974 bits per heavy atom. The highest BCUT2D eigenvalue weighted by molar-refractivity contribution is 6.01. The number of aryl methyl sites for hydroxylation is 2. The van der Waals surface area contributed by atoms with E-state index in [1.807, 2.05) is 25.1 Å². The second kappa shape index (κ2) is 10.5. The van der Waals surface area contributed by atoms with Gasteiger partial charge >= 0.3 is 5.97 Å². The first-order valence-corrected chi connectivity index (χ1v) is 14.0. The molecule has 1 heterocycles. The van der Waals surface area contributed by atoms with E-state index in [0.29, 0.717) is 24.5 Å². The predicted molar refractivity (Wildman–Crippen MR) is 151 cm³/mol. The normalized spacial score (nSPS) is 21.0. The number of benzene rings is 2. The summed E-state index contributed by atoms with van der Waals surface area (Å²) in [6.07, 6.45) is 6.37. The maximum atomic E-state index is 13.6. The van der Waals surface area contributed by atoms with E-state index in [2.05, 4.69) is 50.5 Å². The maximum Gasteiger partial charge on any atom is 0.314 e. The average molecular weight is 517 g/mol. The van der Waals surface area contributed by atoms with Crippen molar-refractivity contribution in [3.8, 4) is 11.5 Å². The molecule has 1 saturated carbocycles. The number of rotatable bonds is 5. The molecule has 2 aromatic carbocycles. The summed E-state index contributed by atoms with van der Waals surface area (Å²) in [4.78, 5) is 26.5. The molecule has 3 aliphatic rings. The van der Waals surface area contributed by atoms with Crippen LogP contribution in [0, 0.1) is 25.2 Å². The van der Waals surface area contributed by atoms with Crippen LogP contribution in [0.25, 0.3) is 0 Å². The van der Waals surface area contributed by atoms with E-state index >= 15 is 0 Å². The number of hydrogen-bond donors (Lipinski definition) is 2. The zero-order valence-electron chi connectivity index (χ0n) is 23.3. The van der Waals surface area contributed by atoms with Gasteiger partial charge in [0.1, 0.15) is 0 Å². The van der Waals surface area contributed by atoms with Crippen LogP contribution in [0.15, 0.2) is 41.6 Å². The van der Waals surface area contributed by atoms with Crippen molar-refractivity contribution in [1.29, 1.82) is 0 Å². The van der Waals surface area contributed by atoms with E-state index < -0.39 is 0 Å². The van der Waals surface area contributed by atoms with E-state index in [9.17, 15) is 9.59 Å². The Kier molecular flexibility index (Phi) is 7.26. The van der Waals surface area contributed by atoms with Gasteiger partial charge in [0, 0.05) is 17.7 Å². The van der Waals surface area contributed by atoms with E-state index in [1.165, 1.54) is 17.5 Å². The minimum absolute atomic E-state index is 0.0494. The standard InChI is InChI=1S/C32H40N2O4/c1-6-37-28-16-22(12-13-27(28)38-31(36)21-10-8-7-9-11-21)30-29-25(17-32(4,5)18-26(29)35)33-23-14-19(2)20(3)15-24(23)34-30/h12-16,21,30,33-34H,6-11,17-18H2,1-5H3. The second-order valence-corrected chi connectivity index (χ2v) is 11.9. The van der Waals surface area contributed by atoms with Crippen LogP contribution in [0.5, 0.6) is 11.5 Å². The van der Waals surface area contributed by atoms with Crippen molar-refractivity contribution in [3.63, 3.8) is 0 Å². The Bertz CT molecular complexity index is 1290. The Hall–Kier alpha value is -3.28. The predicted octanol–water partition coefficient (Wildman–Crippen LogP) is 7.41. The number of esters is 1. The van der Waals surface area contributed by atoms with Crippen molar-refractivity contribution in [1.82, 2.24) is 0 Å². The van der Waals surface area contributed by atoms with Gasteiger partial charge in [-0.25, -0.2) is 0 Å². The SMILES string of the molecule is CCOc1cc(C2Nc3cc(C)c(C)cc3NC3=C2C(=O)CC(C)(C)C3)ccc1OC(=O)C1CCCCC1. The highest BCUT2D eigenvalue weighted by Gasteiger charge is 2.39. The van der Waals surface area contributed by atoms with Crippen LogP contribution < -0.4 is 20.1 Å². The molecular weight excluding hydrogens is 476 g/mol. The molecule has 1 atom stereocenters. The van der Waals surface area contributed by atoms with Gasteiger partial charge in [0.15, 0.2) is 17.3 Å². The summed E-state index contributed by atoms with van der Waals surface area (Å²) in [6, 6.07) is 9.63. The van der Waals surface area contributed by atoms with Crippen LogP contribution in [-0.4, -0.2) is 18.4 Å². The third-order valence-electron chi connectivity index (χ3n) is 8.18. The molecule has 38 heavy (non-hydrogen) atoms. The van der Waals surface area contributed by atoms with Gasteiger partial charge in [-0.2, -0.15) is 0 Å². The van der Waals surface area contributed by atoms with Gasteiger partial charge in [0.05, 0.1) is 29.9 Å². The maximum absolute atomic E-state index is 13.6. The molecule has 5 rings (SSSR count). The highest BCUT2D eigenvalue weighted by atomic mass is 16.6. The topological polar surface area (TPSA) is 76.7 Å². The number of Topliss-reactive ketones (excluding diaryl/α,β-unsaturated/α-hetero) is 1. The fourth-order valence-corrected chi connectivity index (χ4v) is 6.05. The molecule has 0 radical (unpaired) electrons. The number of nitrogens with one attached hydrogen (secondary N) is 2. The van der Waals surface area contributed by atoms with Crippen molar-refractivity contribution in [2.45, 2.75) is 85.6 Å². The largest absolute Gasteiger partial charge is 0.490 e. The number of carbonyl (C=O) groups excluding carboxylic acids is 2. The van der Waals surface area contributed by atoms with Crippen molar-refractivity contribution in [2.24, 2.45) is 11.3 Å². The van der Waals surface area contributed by atoms with Gasteiger partial charge in [0.2, 0.25) is 0 Å². The summed E-state index contributed by atoms with van der Waals surface area (Å²) in [6.45, 7) is 10.9. The fourth-order valence-electron chi connectivity index (χ4n) is 6.05. The number of ether oxygens (including phenoxy) is 2. The Balaban J connectivity index is 1.54. The monoisotopic (exact) mass is 516 g/mol. The molecule has 202 valence electrons. The van der Waals surface area contributed by atoms with Crippen molar-refractivity contribution < 1.29 is 19.1 Å². The van der Waals surface area contributed by atoms with Crippen LogP contribution in [-0.2, 0) is 9.59 Å². The van der Waals surface area contributed by atoms with Crippen molar-refractivity contribution in [2.75, 3.05) is 17.2 Å². The molecule has 6 nitrogen and oxygen atoms in total. The van der Waals surface area contributed by atoms with Gasteiger partial charge in [-0.1, -0.05) is 39.2 Å². The van der Waals surface area contributed by atoms with Crippen LogP contribution in [0.4, 0.5) is 11.4 Å². The van der Waals surface area contributed by atoms with E-state index in [0.717, 1.165) is 60.3 Å². The van der Waals surface area contributed by atoms with Gasteiger partial charge in [-0.3, -0.25) is 9.59 Å². The van der Waals surface area contributed by atoms with Gasteiger partial charge < -0.3 is 20.1 Å². The molecule has 0 amide bonds. The molecule has 0 bridgehead atoms. The quantitative estimate of drug-likeness (QED) is 0.318.